The van der Waals surface area contributed by atoms with E-state index in [1.165, 1.54) is 4.90 Å². The number of rotatable bonds is 3. The van der Waals surface area contributed by atoms with Crippen LogP contribution in [0.1, 0.15) is 19.8 Å². The predicted octanol–water partition coefficient (Wildman–Crippen LogP) is 0.0801. The Balaban J connectivity index is 2.20. The largest absolute Gasteiger partial charge is 0.418 e. The Morgan fingerprint density at radius 1 is 1.50 bits per heavy atom. The van der Waals surface area contributed by atoms with E-state index in [1.54, 1.807) is 7.05 Å². The van der Waals surface area contributed by atoms with E-state index in [1.807, 2.05) is 6.92 Å². The van der Waals surface area contributed by atoms with Gasteiger partial charge in [-0.2, -0.15) is 13.5 Å². The molecule has 2 amide bonds. The van der Waals surface area contributed by atoms with Crippen LogP contribution in [0.4, 0.5) is 4.79 Å². The van der Waals surface area contributed by atoms with E-state index in [-0.39, 0.29) is 12.1 Å². The molecule has 2 saturated heterocycles. The van der Waals surface area contributed by atoms with Crippen molar-refractivity contribution in [3.05, 3.63) is 0 Å². The maximum absolute atomic E-state index is 12.0. The van der Waals surface area contributed by atoms with Gasteiger partial charge in [0.1, 0.15) is 0 Å². The summed E-state index contributed by atoms with van der Waals surface area (Å²) in [5.74, 6) is 0. The van der Waals surface area contributed by atoms with Crippen LogP contribution in [0.25, 0.3) is 0 Å². The van der Waals surface area contributed by atoms with Gasteiger partial charge in [-0.15, -0.1) is 4.28 Å². The van der Waals surface area contributed by atoms with Gasteiger partial charge >= 0.3 is 16.4 Å². The average Bonchev–Trinajstić information content (AvgIpc) is 2.52. The van der Waals surface area contributed by atoms with E-state index in [9.17, 15) is 13.2 Å². The quantitative estimate of drug-likeness (QED) is 0.581. The van der Waals surface area contributed by atoms with Crippen LogP contribution in [0.15, 0.2) is 4.99 Å². The fourth-order valence-corrected chi connectivity index (χ4v) is 2.80. The molecule has 2 heterocycles. The van der Waals surface area contributed by atoms with Crippen LogP contribution in [-0.4, -0.2) is 60.4 Å². The summed E-state index contributed by atoms with van der Waals surface area (Å²) in [6.45, 7) is 2.20. The summed E-state index contributed by atoms with van der Waals surface area (Å²) in [4.78, 5) is 17.6. The highest BCUT2D eigenvalue weighted by Crippen LogP contribution is 2.31. The van der Waals surface area contributed by atoms with Crippen LogP contribution in [0.2, 0.25) is 0 Å². The summed E-state index contributed by atoms with van der Waals surface area (Å²) in [7, 11) is -3.03. The molecule has 18 heavy (non-hydrogen) atoms. The van der Waals surface area contributed by atoms with Gasteiger partial charge in [-0.3, -0.25) is 9.55 Å². The summed E-state index contributed by atoms with van der Waals surface area (Å²) in [5.41, 5.74) is 0.815. The molecule has 102 valence electrons. The molecule has 2 atom stereocenters. The minimum Gasteiger partial charge on any atom is -0.312 e. The summed E-state index contributed by atoms with van der Waals surface area (Å²) in [5, 5.41) is 0.734. The third-order valence-electron chi connectivity index (χ3n) is 3.33. The zero-order chi connectivity index (χ0) is 13.5. The van der Waals surface area contributed by atoms with Crippen molar-refractivity contribution in [1.82, 2.24) is 9.96 Å². The number of amides is 2. The molecule has 2 aliphatic rings. The maximum Gasteiger partial charge on any atom is 0.418 e. The first kappa shape index (κ1) is 13.2. The molecule has 0 spiro atoms. The number of hydroxylamine groups is 2. The molecule has 2 fully saturated rings. The maximum atomic E-state index is 12.0. The van der Waals surface area contributed by atoms with E-state index in [0.717, 1.165) is 10.8 Å². The van der Waals surface area contributed by atoms with Crippen LogP contribution in [-0.2, 0) is 14.7 Å². The fourth-order valence-electron chi connectivity index (χ4n) is 2.41. The van der Waals surface area contributed by atoms with E-state index in [2.05, 4.69) is 9.28 Å². The zero-order valence-corrected chi connectivity index (χ0v) is 10.9. The molecule has 2 rings (SSSR count). The molecule has 8 nitrogen and oxygen atoms in total. The standard InChI is InChI=1S/C9H15N3O5S/c1-6(10-2)8-4-3-7-5-11(8)9(13)12(7)17-18(14,15)16/h7-8H,3-5H2,1-2H3,(H,14,15,16). The van der Waals surface area contributed by atoms with E-state index < -0.39 is 16.4 Å². The van der Waals surface area contributed by atoms with Crippen molar-refractivity contribution in [2.24, 2.45) is 4.99 Å². The molecule has 0 radical (unpaired) electrons. The second kappa shape index (κ2) is 4.48. The van der Waals surface area contributed by atoms with Gasteiger partial charge < -0.3 is 4.90 Å². The van der Waals surface area contributed by atoms with E-state index in [4.69, 9.17) is 4.55 Å². The number of hydrogen-bond donors (Lipinski definition) is 1. The number of aliphatic imine (C=N–C) groups is 1. The lowest BCUT2D eigenvalue weighted by molar-refractivity contribution is -0.0316. The van der Waals surface area contributed by atoms with Gasteiger partial charge in [0.15, 0.2) is 0 Å². The second-order valence-corrected chi connectivity index (χ2v) is 5.38. The molecular formula is C9H15N3O5S. The van der Waals surface area contributed by atoms with E-state index >= 15 is 0 Å². The Labute approximate surface area is 105 Å². The molecule has 9 heteroatoms. The normalized spacial score (nSPS) is 29.1. The van der Waals surface area contributed by atoms with Crippen LogP contribution in [0.5, 0.6) is 0 Å². The van der Waals surface area contributed by atoms with Crippen LogP contribution >= 0.6 is 0 Å². The number of carbonyl (C=O) groups is 1. The highest BCUT2D eigenvalue weighted by molar-refractivity contribution is 7.80. The lowest BCUT2D eigenvalue weighted by atomic mass is 9.98. The van der Waals surface area contributed by atoms with Crippen molar-refractivity contribution >= 4 is 22.1 Å². The summed E-state index contributed by atoms with van der Waals surface area (Å²) in [6, 6.07) is -1.03. The molecule has 1 N–H and O–H groups in total. The summed E-state index contributed by atoms with van der Waals surface area (Å²) >= 11 is 0. The third-order valence-corrected chi connectivity index (χ3v) is 3.68. The number of hydrogen-bond acceptors (Lipinski definition) is 5. The molecule has 0 aromatic carbocycles. The minimum absolute atomic E-state index is 0.131. The SMILES string of the molecule is CN=C(C)C1CCC2CN1C(=O)N2OS(=O)(=O)O. The number of carbonyl (C=O) groups excluding carboxylic acids is 1. The Bertz CT molecular complexity index is 488. The predicted molar refractivity (Wildman–Crippen MR) is 62.4 cm³/mol. The number of nitrogens with zero attached hydrogens (tertiary/aromatic N) is 3. The molecule has 0 aliphatic carbocycles. The lowest BCUT2D eigenvalue weighted by Gasteiger charge is -2.30. The zero-order valence-electron chi connectivity index (χ0n) is 10.1. The highest BCUT2D eigenvalue weighted by atomic mass is 32.3. The third kappa shape index (κ3) is 2.33. The van der Waals surface area contributed by atoms with Gasteiger partial charge in [0.2, 0.25) is 0 Å². The highest BCUT2D eigenvalue weighted by Gasteiger charge is 2.47. The van der Waals surface area contributed by atoms with E-state index in [0.29, 0.717) is 19.4 Å². The molecule has 2 aliphatic heterocycles. The van der Waals surface area contributed by atoms with Crippen molar-refractivity contribution in [3.63, 3.8) is 0 Å². The Morgan fingerprint density at radius 3 is 2.72 bits per heavy atom. The Morgan fingerprint density at radius 2 is 2.17 bits per heavy atom. The fraction of sp³-hybridized carbons (Fsp3) is 0.778. The van der Waals surface area contributed by atoms with Crippen molar-refractivity contribution in [1.29, 1.82) is 0 Å². The first-order valence-corrected chi connectivity index (χ1v) is 6.90. The van der Waals surface area contributed by atoms with Crippen molar-refractivity contribution in [3.8, 4) is 0 Å². The molecule has 0 aromatic rings. The Hall–Kier alpha value is -1.19. The van der Waals surface area contributed by atoms with Crippen LogP contribution < -0.4 is 0 Å². The number of urea groups is 1. The number of piperidine rings is 1. The van der Waals surface area contributed by atoms with Crippen molar-refractivity contribution < 1.29 is 22.0 Å². The number of fused-ring (bicyclic) bond motifs is 2. The van der Waals surface area contributed by atoms with Gasteiger partial charge in [-0.1, -0.05) is 0 Å². The monoisotopic (exact) mass is 277 g/mol. The van der Waals surface area contributed by atoms with Crippen molar-refractivity contribution in [2.75, 3.05) is 13.6 Å². The van der Waals surface area contributed by atoms with Gasteiger partial charge in [0.05, 0.1) is 12.1 Å². The molecule has 0 aromatic heterocycles. The molecule has 0 saturated carbocycles. The average molecular weight is 277 g/mol. The van der Waals surface area contributed by atoms with Gasteiger partial charge in [-0.05, 0) is 19.8 Å². The first-order chi connectivity index (χ1) is 8.33. The summed E-state index contributed by atoms with van der Waals surface area (Å²) < 4.78 is 34.3. The Kier molecular flexibility index (Phi) is 3.30. The minimum atomic E-state index is -4.67. The molecule has 2 unspecified atom stereocenters. The smallest absolute Gasteiger partial charge is 0.312 e. The van der Waals surface area contributed by atoms with Crippen molar-refractivity contribution in [2.45, 2.75) is 31.8 Å². The lowest BCUT2D eigenvalue weighted by Crippen LogP contribution is -2.44. The first-order valence-electron chi connectivity index (χ1n) is 5.53. The summed E-state index contributed by atoms with van der Waals surface area (Å²) in [6.07, 6.45) is 1.31. The van der Waals surface area contributed by atoms with Gasteiger partial charge in [-0.25, -0.2) is 4.79 Å². The van der Waals surface area contributed by atoms with Gasteiger partial charge in [0, 0.05) is 19.3 Å². The topological polar surface area (TPSA) is 99.5 Å². The molecule has 2 bridgehead atoms. The van der Waals surface area contributed by atoms with Crippen LogP contribution in [0.3, 0.4) is 0 Å². The molecular weight excluding hydrogens is 262 g/mol. The van der Waals surface area contributed by atoms with Gasteiger partial charge in [0.25, 0.3) is 0 Å². The second-order valence-electron chi connectivity index (χ2n) is 4.37. The van der Waals surface area contributed by atoms with Crippen LogP contribution in [0, 0.1) is 0 Å².